The Hall–Kier alpha value is -0.800. The maximum absolute atomic E-state index is 5.32. The molecule has 20 heavy (non-hydrogen) atoms. The molecule has 0 fully saturated rings. The Bertz CT molecular complexity index is 581. The lowest BCUT2D eigenvalue weighted by molar-refractivity contribution is 0.414. The molecule has 0 aliphatic carbocycles. The van der Waals surface area contributed by atoms with Gasteiger partial charge in [-0.25, -0.2) is 0 Å². The second-order valence-corrected chi connectivity index (χ2v) is 6.37. The van der Waals surface area contributed by atoms with E-state index in [1.807, 2.05) is 6.07 Å². The predicted octanol–water partition coefficient (Wildman–Crippen LogP) is 5.49. The van der Waals surface area contributed by atoms with Crippen LogP contribution < -0.4 is 4.74 Å². The van der Waals surface area contributed by atoms with Crippen LogP contribution in [0.5, 0.6) is 5.75 Å². The standard InChI is InChI=1S/C17H18Br2O/c1-12-5-3-4-6-16(12)14(11-18)9-13-10-15(20-2)7-8-17(13)19/h3-8,10,14H,9,11H2,1-2H3. The number of hydrogen-bond acceptors (Lipinski definition) is 1. The molecule has 0 saturated carbocycles. The Labute approximate surface area is 137 Å². The van der Waals surface area contributed by atoms with Crippen LogP contribution in [-0.2, 0) is 6.42 Å². The predicted molar refractivity (Wildman–Crippen MR) is 92.1 cm³/mol. The molecule has 0 amide bonds. The average Bonchev–Trinajstić information content (AvgIpc) is 2.47. The molecular formula is C17H18Br2O. The zero-order valence-electron chi connectivity index (χ0n) is 11.7. The summed E-state index contributed by atoms with van der Waals surface area (Å²) in [5.74, 6) is 1.36. The third-order valence-corrected chi connectivity index (χ3v) is 5.09. The molecule has 0 radical (unpaired) electrons. The van der Waals surface area contributed by atoms with Crippen LogP contribution in [0.25, 0.3) is 0 Å². The van der Waals surface area contributed by atoms with Crippen LogP contribution in [0.15, 0.2) is 46.9 Å². The zero-order chi connectivity index (χ0) is 14.5. The minimum absolute atomic E-state index is 0.458. The highest BCUT2D eigenvalue weighted by molar-refractivity contribution is 9.10. The van der Waals surface area contributed by atoms with Crippen molar-refractivity contribution < 1.29 is 4.74 Å². The van der Waals surface area contributed by atoms with Crippen LogP contribution in [0.4, 0.5) is 0 Å². The van der Waals surface area contributed by atoms with Gasteiger partial charge in [0.15, 0.2) is 0 Å². The summed E-state index contributed by atoms with van der Waals surface area (Å²) in [6.07, 6.45) is 0.980. The highest BCUT2D eigenvalue weighted by atomic mass is 79.9. The third kappa shape index (κ3) is 3.64. The van der Waals surface area contributed by atoms with Crippen molar-refractivity contribution in [2.24, 2.45) is 0 Å². The molecule has 2 aromatic rings. The first-order chi connectivity index (χ1) is 9.65. The van der Waals surface area contributed by atoms with E-state index in [1.165, 1.54) is 16.7 Å². The molecule has 0 aliphatic heterocycles. The molecule has 0 saturated heterocycles. The van der Waals surface area contributed by atoms with Crippen molar-refractivity contribution in [1.82, 2.24) is 0 Å². The number of halogens is 2. The molecule has 0 heterocycles. The molecule has 0 aromatic heterocycles. The van der Waals surface area contributed by atoms with Crippen LogP contribution in [0.3, 0.4) is 0 Å². The number of alkyl halides is 1. The van der Waals surface area contributed by atoms with Gasteiger partial charge in [0.2, 0.25) is 0 Å². The van der Waals surface area contributed by atoms with Crippen molar-refractivity contribution in [2.75, 3.05) is 12.4 Å². The van der Waals surface area contributed by atoms with E-state index in [0.29, 0.717) is 5.92 Å². The molecule has 0 bridgehead atoms. The van der Waals surface area contributed by atoms with Crippen molar-refractivity contribution in [3.63, 3.8) is 0 Å². The van der Waals surface area contributed by atoms with Gasteiger partial charge in [0.05, 0.1) is 7.11 Å². The summed E-state index contributed by atoms with van der Waals surface area (Å²) in [6.45, 7) is 2.17. The van der Waals surface area contributed by atoms with Gasteiger partial charge < -0.3 is 4.74 Å². The third-order valence-electron chi connectivity index (χ3n) is 3.53. The number of benzene rings is 2. The van der Waals surface area contributed by atoms with E-state index in [-0.39, 0.29) is 0 Å². The van der Waals surface area contributed by atoms with Gasteiger partial charge in [0, 0.05) is 9.80 Å². The molecule has 0 N–H and O–H groups in total. The second-order valence-electron chi connectivity index (χ2n) is 4.87. The molecule has 0 aliphatic rings. The maximum atomic E-state index is 5.32. The maximum Gasteiger partial charge on any atom is 0.119 e. The summed E-state index contributed by atoms with van der Waals surface area (Å²) in [7, 11) is 1.70. The first kappa shape index (κ1) is 15.6. The van der Waals surface area contributed by atoms with Gasteiger partial charge in [0.1, 0.15) is 5.75 Å². The van der Waals surface area contributed by atoms with Gasteiger partial charge in [-0.3, -0.25) is 0 Å². The number of aryl methyl sites for hydroxylation is 1. The van der Waals surface area contributed by atoms with Gasteiger partial charge in [-0.2, -0.15) is 0 Å². The Balaban J connectivity index is 2.29. The van der Waals surface area contributed by atoms with Gasteiger partial charge in [0.25, 0.3) is 0 Å². The van der Waals surface area contributed by atoms with E-state index in [0.717, 1.165) is 22.0 Å². The first-order valence-electron chi connectivity index (χ1n) is 6.59. The monoisotopic (exact) mass is 396 g/mol. The topological polar surface area (TPSA) is 9.23 Å². The summed E-state index contributed by atoms with van der Waals surface area (Å²) < 4.78 is 6.46. The van der Waals surface area contributed by atoms with Gasteiger partial charge in [-0.15, -0.1) is 0 Å². The SMILES string of the molecule is COc1ccc(Br)c(CC(CBr)c2ccccc2C)c1. The van der Waals surface area contributed by atoms with Gasteiger partial charge in [-0.1, -0.05) is 56.1 Å². The normalized spacial score (nSPS) is 12.2. The minimum atomic E-state index is 0.458. The van der Waals surface area contributed by atoms with Crippen LogP contribution in [-0.4, -0.2) is 12.4 Å². The van der Waals surface area contributed by atoms with Gasteiger partial charge in [-0.05, 0) is 54.2 Å². The molecule has 2 aromatic carbocycles. The van der Waals surface area contributed by atoms with Crippen molar-refractivity contribution in [3.05, 3.63) is 63.6 Å². The summed E-state index contributed by atoms with van der Waals surface area (Å²) in [4.78, 5) is 0. The number of ether oxygens (including phenoxy) is 1. The summed E-state index contributed by atoms with van der Waals surface area (Å²) in [5.41, 5.74) is 4.02. The average molecular weight is 398 g/mol. The van der Waals surface area contributed by atoms with Crippen LogP contribution >= 0.6 is 31.9 Å². The lowest BCUT2D eigenvalue weighted by Crippen LogP contribution is -2.07. The van der Waals surface area contributed by atoms with Crippen LogP contribution in [0.1, 0.15) is 22.6 Å². The zero-order valence-corrected chi connectivity index (χ0v) is 14.9. The largest absolute Gasteiger partial charge is 0.497 e. The van der Waals surface area contributed by atoms with E-state index in [9.17, 15) is 0 Å². The van der Waals surface area contributed by atoms with E-state index in [1.54, 1.807) is 7.11 Å². The van der Waals surface area contributed by atoms with Crippen molar-refractivity contribution in [2.45, 2.75) is 19.3 Å². The Morgan fingerprint density at radius 2 is 1.90 bits per heavy atom. The number of rotatable bonds is 5. The van der Waals surface area contributed by atoms with E-state index >= 15 is 0 Å². The van der Waals surface area contributed by atoms with E-state index in [2.05, 4.69) is 75.2 Å². The highest BCUT2D eigenvalue weighted by Crippen LogP contribution is 2.30. The summed E-state index contributed by atoms with van der Waals surface area (Å²) in [6, 6.07) is 14.7. The quantitative estimate of drug-likeness (QED) is 0.606. The number of methoxy groups -OCH3 is 1. The number of hydrogen-bond donors (Lipinski definition) is 0. The molecule has 0 spiro atoms. The lowest BCUT2D eigenvalue weighted by Gasteiger charge is -2.18. The molecule has 3 heteroatoms. The van der Waals surface area contributed by atoms with Crippen molar-refractivity contribution in [1.29, 1.82) is 0 Å². The van der Waals surface area contributed by atoms with E-state index < -0.39 is 0 Å². The van der Waals surface area contributed by atoms with Gasteiger partial charge >= 0.3 is 0 Å². The van der Waals surface area contributed by atoms with E-state index in [4.69, 9.17) is 4.74 Å². The van der Waals surface area contributed by atoms with Crippen molar-refractivity contribution in [3.8, 4) is 5.75 Å². The molecule has 106 valence electrons. The Morgan fingerprint density at radius 3 is 2.55 bits per heavy atom. The Morgan fingerprint density at radius 1 is 1.15 bits per heavy atom. The van der Waals surface area contributed by atoms with Crippen LogP contribution in [0, 0.1) is 6.92 Å². The van der Waals surface area contributed by atoms with Crippen LogP contribution in [0.2, 0.25) is 0 Å². The smallest absolute Gasteiger partial charge is 0.119 e. The summed E-state index contributed by atoms with van der Waals surface area (Å²) >= 11 is 7.30. The molecule has 2 rings (SSSR count). The second kappa shape index (κ2) is 7.28. The lowest BCUT2D eigenvalue weighted by atomic mass is 9.91. The molecule has 1 atom stereocenters. The molecule has 1 unspecified atom stereocenters. The minimum Gasteiger partial charge on any atom is -0.497 e. The molecular weight excluding hydrogens is 380 g/mol. The first-order valence-corrected chi connectivity index (χ1v) is 8.51. The molecule has 1 nitrogen and oxygen atoms in total. The van der Waals surface area contributed by atoms with Crippen molar-refractivity contribution >= 4 is 31.9 Å². The fourth-order valence-electron chi connectivity index (χ4n) is 2.39. The highest BCUT2D eigenvalue weighted by Gasteiger charge is 2.15. The fourth-order valence-corrected chi connectivity index (χ4v) is 3.38. The fraction of sp³-hybridized carbons (Fsp3) is 0.294. The Kier molecular flexibility index (Phi) is 5.67. The summed E-state index contributed by atoms with van der Waals surface area (Å²) in [5, 5.41) is 0.946.